The first-order valence-electron chi connectivity index (χ1n) is 7.28. The van der Waals surface area contributed by atoms with E-state index in [-0.39, 0.29) is 5.91 Å². The summed E-state index contributed by atoms with van der Waals surface area (Å²) < 4.78 is 0.776. The lowest BCUT2D eigenvalue weighted by Crippen LogP contribution is -2.48. The Labute approximate surface area is 133 Å². The van der Waals surface area contributed by atoms with Crippen molar-refractivity contribution < 1.29 is 4.79 Å². The Morgan fingerprint density at radius 3 is 2.86 bits per heavy atom. The second kappa shape index (κ2) is 5.41. The molecular formula is C17H19BrN2O. The van der Waals surface area contributed by atoms with Crippen LogP contribution in [0.2, 0.25) is 0 Å². The van der Waals surface area contributed by atoms with Gasteiger partial charge in [-0.1, -0.05) is 32.1 Å². The van der Waals surface area contributed by atoms with Crippen molar-refractivity contribution in [3.05, 3.63) is 46.0 Å². The molecule has 1 aromatic rings. The zero-order valence-electron chi connectivity index (χ0n) is 12.3. The SMILES string of the molecule is CC1(C)[C@@H]2CC=C(/C=N\NC(=O)c3ccccc3Br)[C@H]1C2. The number of amides is 1. The molecule has 0 spiro atoms. The third-order valence-electron chi connectivity index (χ3n) is 5.01. The summed E-state index contributed by atoms with van der Waals surface area (Å²) >= 11 is 3.37. The molecule has 0 heterocycles. The van der Waals surface area contributed by atoms with E-state index in [4.69, 9.17) is 0 Å². The smallest absolute Gasteiger partial charge is 0.267 e. The topological polar surface area (TPSA) is 41.5 Å². The number of hydrogen-bond donors (Lipinski definition) is 1. The molecule has 1 fully saturated rings. The second-order valence-corrected chi connectivity index (χ2v) is 7.28. The maximum atomic E-state index is 12.1. The van der Waals surface area contributed by atoms with Crippen molar-refractivity contribution in [1.29, 1.82) is 0 Å². The summed E-state index contributed by atoms with van der Waals surface area (Å²) in [6.07, 6.45) is 6.46. The lowest BCUT2D eigenvalue weighted by Gasteiger charge is -2.55. The molecule has 1 saturated carbocycles. The zero-order chi connectivity index (χ0) is 15.0. The number of halogens is 1. The van der Waals surface area contributed by atoms with Crippen LogP contribution in [-0.4, -0.2) is 12.1 Å². The molecule has 21 heavy (non-hydrogen) atoms. The molecule has 0 radical (unpaired) electrons. The highest BCUT2D eigenvalue weighted by atomic mass is 79.9. The van der Waals surface area contributed by atoms with Gasteiger partial charge < -0.3 is 0 Å². The molecule has 2 atom stereocenters. The number of benzene rings is 1. The van der Waals surface area contributed by atoms with Crippen molar-refractivity contribution in [2.24, 2.45) is 22.4 Å². The first-order valence-corrected chi connectivity index (χ1v) is 8.07. The number of nitrogens with zero attached hydrogens (tertiary/aromatic N) is 1. The van der Waals surface area contributed by atoms with Gasteiger partial charge in [0, 0.05) is 4.47 Å². The van der Waals surface area contributed by atoms with E-state index in [0.717, 1.165) is 16.8 Å². The highest BCUT2D eigenvalue weighted by Gasteiger charge is 2.50. The molecule has 1 aromatic carbocycles. The molecule has 4 heteroatoms. The number of hydrogen-bond acceptors (Lipinski definition) is 2. The minimum absolute atomic E-state index is 0.194. The van der Waals surface area contributed by atoms with Crippen molar-refractivity contribution >= 4 is 28.1 Å². The van der Waals surface area contributed by atoms with Gasteiger partial charge in [0.05, 0.1) is 11.8 Å². The molecule has 3 nitrogen and oxygen atoms in total. The summed E-state index contributed by atoms with van der Waals surface area (Å²) in [4.78, 5) is 12.1. The number of hydrazone groups is 1. The van der Waals surface area contributed by atoms with Crippen molar-refractivity contribution in [3.63, 3.8) is 0 Å². The second-order valence-electron chi connectivity index (χ2n) is 6.43. The van der Waals surface area contributed by atoms with Gasteiger partial charge in [-0.05, 0) is 63.7 Å². The molecule has 1 N–H and O–H groups in total. The summed E-state index contributed by atoms with van der Waals surface area (Å²) in [6.45, 7) is 4.65. The van der Waals surface area contributed by atoms with Crippen molar-refractivity contribution in [2.75, 3.05) is 0 Å². The Kier molecular flexibility index (Phi) is 3.74. The molecule has 1 amide bonds. The van der Waals surface area contributed by atoms with Crippen LogP contribution >= 0.6 is 15.9 Å². The Hall–Kier alpha value is -1.42. The van der Waals surface area contributed by atoms with Crippen LogP contribution in [0.25, 0.3) is 0 Å². The fourth-order valence-electron chi connectivity index (χ4n) is 3.42. The quantitative estimate of drug-likeness (QED) is 0.648. The molecule has 0 aliphatic heterocycles. The number of allylic oxidation sites excluding steroid dienone is 2. The predicted molar refractivity (Wildman–Crippen MR) is 88.2 cm³/mol. The number of carbonyl (C=O) groups is 1. The highest BCUT2D eigenvalue weighted by molar-refractivity contribution is 9.10. The van der Waals surface area contributed by atoms with Gasteiger partial charge in [-0.25, -0.2) is 5.43 Å². The minimum Gasteiger partial charge on any atom is -0.267 e. The van der Waals surface area contributed by atoms with E-state index in [1.54, 1.807) is 6.07 Å². The first-order chi connectivity index (χ1) is 10.00. The van der Waals surface area contributed by atoms with Gasteiger partial charge in [0.1, 0.15) is 0 Å². The molecule has 0 saturated heterocycles. The summed E-state index contributed by atoms with van der Waals surface area (Å²) in [5.74, 6) is 1.20. The maximum absolute atomic E-state index is 12.1. The van der Waals surface area contributed by atoms with Crippen LogP contribution in [0.5, 0.6) is 0 Å². The molecule has 2 bridgehead atoms. The minimum atomic E-state index is -0.194. The molecule has 110 valence electrons. The lowest BCUT2D eigenvalue weighted by molar-refractivity contribution is -0.00126. The highest BCUT2D eigenvalue weighted by Crippen LogP contribution is 2.58. The molecule has 3 aliphatic carbocycles. The fraction of sp³-hybridized carbons (Fsp3) is 0.412. The van der Waals surface area contributed by atoms with Crippen LogP contribution in [0, 0.1) is 17.3 Å². The van der Waals surface area contributed by atoms with Crippen molar-refractivity contribution in [2.45, 2.75) is 26.7 Å². The summed E-state index contributed by atoms with van der Waals surface area (Å²) in [5, 5.41) is 4.14. The van der Waals surface area contributed by atoms with Gasteiger partial charge in [-0.15, -0.1) is 0 Å². The summed E-state index contributed by atoms with van der Waals surface area (Å²) in [6, 6.07) is 7.34. The molecule has 4 rings (SSSR count). The van der Waals surface area contributed by atoms with Crippen LogP contribution in [0.15, 0.2) is 45.5 Å². The van der Waals surface area contributed by atoms with Crippen LogP contribution < -0.4 is 5.43 Å². The largest absolute Gasteiger partial charge is 0.272 e. The van der Waals surface area contributed by atoms with Crippen LogP contribution in [0.1, 0.15) is 37.0 Å². The number of fused-ring (bicyclic) bond motifs is 1. The van der Waals surface area contributed by atoms with Gasteiger partial charge in [-0.2, -0.15) is 5.10 Å². The predicted octanol–water partition coefficient (Wildman–Crippen LogP) is 4.16. The van der Waals surface area contributed by atoms with E-state index in [1.165, 1.54) is 12.0 Å². The van der Waals surface area contributed by atoms with E-state index < -0.39 is 0 Å². The third kappa shape index (κ3) is 2.57. The zero-order valence-corrected chi connectivity index (χ0v) is 13.9. The molecule has 0 aromatic heterocycles. The lowest BCUT2D eigenvalue weighted by atomic mass is 9.49. The average Bonchev–Trinajstić information content (AvgIpc) is 2.47. The number of carbonyl (C=O) groups excluding carboxylic acids is 1. The first kappa shape index (κ1) is 14.5. The normalized spacial score (nSPS) is 26.1. The van der Waals surface area contributed by atoms with E-state index in [0.29, 0.717) is 16.9 Å². The maximum Gasteiger partial charge on any atom is 0.272 e. The Bertz CT molecular complexity index is 633. The van der Waals surface area contributed by atoms with E-state index in [2.05, 4.69) is 46.4 Å². The fourth-order valence-corrected chi connectivity index (χ4v) is 3.88. The van der Waals surface area contributed by atoms with Gasteiger partial charge in [0.25, 0.3) is 5.91 Å². The van der Waals surface area contributed by atoms with E-state index >= 15 is 0 Å². The van der Waals surface area contributed by atoms with Crippen molar-refractivity contribution in [1.82, 2.24) is 5.43 Å². The van der Waals surface area contributed by atoms with Gasteiger partial charge in [0.2, 0.25) is 0 Å². The van der Waals surface area contributed by atoms with E-state index in [9.17, 15) is 4.79 Å². The van der Waals surface area contributed by atoms with Crippen LogP contribution in [-0.2, 0) is 0 Å². The van der Waals surface area contributed by atoms with Crippen molar-refractivity contribution in [3.8, 4) is 0 Å². The standard InChI is InChI=1S/C17H19BrN2O/c1-17(2)12-8-7-11(14(17)9-12)10-19-20-16(21)13-5-3-4-6-15(13)18/h3-7,10,12,14H,8-9H2,1-2H3,(H,20,21)/b19-10-/t12-,14-/m1/s1. The number of nitrogens with one attached hydrogen (secondary N) is 1. The molecule has 0 unspecified atom stereocenters. The van der Waals surface area contributed by atoms with Gasteiger partial charge in [-0.3, -0.25) is 4.79 Å². The molecular weight excluding hydrogens is 328 g/mol. The number of rotatable bonds is 3. The average molecular weight is 347 g/mol. The summed E-state index contributed by atoms with van der Waals surface area (Å²) in [5.41, 5.74) is 4.84. The van der Waals surface area contributed by atoms with Crippen LogP contribution in [0.4, 0.5) is 0 Å². The Morgan fingerprint density at radius 2 is 2.19 bits per heavy atom. The summed E-state index contributed by atoms with van der Waals surface area (Å²) in [7, 11) is 0. The van der Waals surface area contributed by atoms with E-state index in [1.807, 2.05) is 24.4 Å². The monoisotopic (exact) mass is 346 g/mol. The van der Waals surface area contributed by atoms with Gasteiger partial charge in [0.15, 0.2) is 0 Å². The Morgan fingerprint density at radius 1 is 1.43 bits per heavy atom. The Balaban J connectivity index is 1.65. The van der Waals surface area contributed by atoms with Gasteiger partial charge >= 0.3 is 0 Å². The third-order valence-corrected chi connectivity index (χ3v) is 5.70. The van der Waals surface area contributed by atoms with Crippen LogP contribution in [0.3, 0.4) is 0 Å². The molecule has 3 aliphatic rings.